The zero-order valence-electron chi connectivity index (χ0n) is 9.36. The van der Waals surface area contributed by atoms with Crippen LogP contribution >= 0.6 is 0 Å². The van der Waals surface area contributed by atoms with Crippen molar-refractivity contribution >= 4 is 0 Å². The van der Waals surface area contributed by atoms with Crippen molar-refractivity contribution in [2.24, 2.45) is 5.92 Å². The van der Waals surface area contributed by atoms with Crippen LogP contribution in [0, 0.1) is 5.92 Å². The largest absolute Gasteiger partial charge is 0.102 e. The molecule has 0 aliphatic heterocycles. The first-order valence-corrected chi connectivity index (χ1v) is 6.09. The van der Waals surface area contributed by atoms with E-state index in [1.807, 2.05) is 0 Å². The van der Waals surface area contributed by atoms with Gasteiger partial charge in [0.2, 0.25) is 0 Å². The van der Waals surface area contributed by atoms with Gasteiger partial charge in [0.25, 0.3) is 0 Å². The molecule has 1 aliphatic carbocycles. The highest BCUT2D eigenvalue weighted by molar-refractivity contribution is 5.24. The van der Waals surface area contributed by atoms with Gasteiger partial charge in [0.1, 0.15) is 0 Å². The average Bonchev–Trinajstić information content (AvgIpc) is 2.33. The third-order valence-corrected chi connectivity index (χ3v) is 3.60. The molecule has 1 fully saturated rings. The maximum absolute atomic E-state index is 4.01. The molecular weight excluding hydrogens is 180 g/mol. The molecule has 15 heavy (non-hydrogen) atoms. The van der Waals surface area contributed by atoms with Crippen molar-refractivity contribution in [3.05, 3.63) is 48.6 Å². The summed E-state index contributed by atoms with van der Waals surface area (Å²) in [5.41, 5.74) is 1.44. The molecule has 1 atom stereocenters. The fourth-order valence-corrected chi connectivity index (χ4v) is 2.77. The van der Waals surface area contributed by atoms with Crippen LogP contribution in [0.3, 0.4) is 0 Å². The topological polar surface area (TPSA) is 0 Å². The van der Waals surface area contributed by atoms with Crippen LogP contribution in [0.15, 0.2) is 43.0 Å². The molecule has 0 unspecified atom stereocenters. The van der Waals surface area contributed by atoms with Crippen molar-refractivity contribution in [2.75, 3.05) is 0 Å². The van der Waals surface area contributed by atoms with Gasteiger partial charge in [0, 0.05) is 5.92 Å². The van der Waals surface area contributed by atoms with Crippen LogP contribution in [-0.2, 0) is 0 Å². The van der Waals surface area contributed by atoms with Gasteiger partial charge in [-0.3, -0.25) is 0 Å². The quantitative estimate of drug-likeness (QED) is 0.628. The summed E-state index contributed by atoms with van der Waals surface area (Å²) in [6.07, 6.45) is 9.14. The molecule has 0 aromatic heterocycles. The Morgan fingerprint density at radius 1 is 1.07 bits per heavy atom. The van der Waals surface area contributed by atoms with Gasteiger partial charge in [-0.25, -0.2) is 0 Å². The summed E-state index contributed by atoms with van der Waals surface area (Å²) in [4.78, 5) is 0. The molecule has 0 nitrogen and oxygen atoms in total. The van der Waals surface area contributed by atoms with E-state index in [1.165, 1.54) is 37.7 Å². The summed E-state index contributed by atoms with van der Waals surface area (Å²) in [5, 5.41) is 0. The van der Waals surface area contributed by atoms with E-state index < -0.39 is 0 Å². The first-order chi connectivity index (χ1) is 7.42. The Kier molecular flexibility index (Phi) is 3.60. The van der Waals surface area contributed by atoms with Gasteiger partial charge in [-0.1, -0.05) is 55.7 Å². The molecule has 1 saturated carbocycles. The minimum Gasteiger partial charge on any atom is -0.102 e. The molecule has 1 aromatic rings. The van der Waals surface area contributed by atoms with Gasteiger partial charge < -0.3 is 0 Å². The van der Waals surface area contributed by atoms with E-state index in [4.69, 9.17) is 0 Å². The molecule has 0 bridgehead atoms. The summed E-state index contributed by atoms with van der Waals surface area (Å²) >= 11 is 0. The van der Waals surface area contributed by atoms with Gasteiger partial charge in [0.15, 0.2) is 0 Å². The second-order valence-corrected chi connectivity index (χ2v) is 4.57. The minimum absolute atomic E-state index is 0.575. The molecule has 1 aromatic carbocycles. The normalized spacial score (nSPS) is 19.7. The van der Waals surface area contributed by atoms with Crippen LogP contribution in [0.4, 0.5) is 0 Å². The van der Waals surface area contributed by atoms with Crippen molar-refractivity contribution in [3.63, 3.8) is 0 Å². The summed E-state index contributed by atoms with van der Waals surface area (Å²) < 4.78 is 0. The van der Waals surface area contributed by atoms with Gasteiger partial charge in [-0.05, 0) is 24.3 Å². The summed E-state index contributed by atoms with van der Waals surface area (Å²) in [6, 6.07) is 10.8. The Bertz CT molecular complexity index is 293. The molecule has 2 rings (SSSR count). The lowest BCUT2D eigenvalue weighted by molar-refractivity contribution is 0.332. The van der Waals surface area contributed by atoms with E-state index in [0.717, 1.165) is 5.92 Å². The highest BCUT2D eigenvalue weighted by Gasteiger charge is 2.22. The van der Waals surface area contributed by atoms with Crippen molar-refractivity contribution < 1.29 is 0 Å². The molecule has 0 N–H and O–H groups in total. The zero-order chi connectivity index (χ0) is 10.5. The lowest BCUT2D eigenvalue weighted by atomic mass is 9.77. The molecule has 80 valence electrons. The predicted octanol–water partition coefficient (Wildman–Crippen LogP) is 4.54. The lowest BCUT2D eigenvalue weighted by Gasteiger charge is -2.28. The standard InChI is InChI=1S/C15H20/c1-2-15(13-9-5-3-6-10-13)14-11-7-4-8-12-14/h2-3,5-6,9-10,14-15H,1,4,7-8,11-12H2/t15-/m1/s1. The molecule has 0 heterocycles. The van der Waals surface area contributed by atoms with E-state index in [0.29, 0.717) is 5.92 Å². The summed E-state index contributed by atoms with van der Waals surface area (Å²) in [7, 11) is 0. The highest BCUT2D eigenvalue weighted by Crippen LogP contribution is 2.36. The molecule has 0 saturated heterocycles. The van der Waals surface area contributed by atoms with Crippen LogP contribution in [0.2, 0.25) is 0 Å². The van der Waals surface area contributed by atoms with Gasteiger partial charge in [0.05, 0.1) is 0 Å². The molecule has 0 spiro atoms. The Hall–Kier alpha value is -1.04. The van der Waals surface area contributed by atoms with Crippen LogP contribution < -0.4 is 0 Å². The van der Waals surface area contributed by atoms with Crippen LogP contribution in [0.5, 0.6) is 0 Å². The Balaban J connectivity index is 2.12. The predicted molar refractivity (Wildman–Crippen MR) is 66.0 cm³/mol. The number of benzene rings is 1. The second kappa shape index (κ2) is 5.16. The van der Waals surface area contributed by atoms with Crippen LogP contribution in [0.1, 0.15) is 43.6 Å². The maximum atomic E-state index is 4.01. The average molecular weight is 200 g/mol. The molecule has 0 heteroatoms. The Morgan fingerprint density at radius 2 is 1.73 bits per heavy atom. The van der Waals surface area contributed by atoms with E-state index >= 15 is 0 Å². The zero-order valence-corrected chi connectivity index (χ0v) is 9.36. The first-order valence-electron chi connectivity index (χ1n) is 6.09. The van der Waals surface area contributed by atoms with Gasteiger partial charge in [-0.2, -0.15) is 0 Å². The van der Waals surface area contributed by atoms with Crippen molar-refractivity contribution in [3.8, 4) is 0 Å². The fraction of sp³-hybridized carbons (Fsp3) is 0.467. The smallest absolute Gasteiger partial charge is 0.00435 e. The lowest BCUT2D eigenvalue weighted by Crippen LogP contribution is -2.14. The van der Waals surface area contributed by atoms with E-state index in [-0.39, 0.29) is 0 Å². The fourth-order valence-electron chi connectivity index (χ4n) is 2.77. The molecular formula is C15H20. The second-order valence-electron chi connectivity index (χ2n) is 4.57. The Labute approximate surface area is 93.0 Å². The molecule has 0 radical (unpaired) electrons. The summed E-state index contributed by atoms with van der Waals surface area (Å²) in [6.45, 7) is 4.01. The number of hydrogen-bond donors (Lipinski definition) is 0. The molecule has 1 aliphatic rings. The monoisotopic (exact) mass is 200 g/mol. The van der Waals surface area contributed by atoms with E-state index in [2.05, 4.69) is 43.0 Å². The summed E-state index contributed by atoms with van der Waals surface area (Å²) in [5.74, 6) is 1.41. The number of allylic oxidation sites excluding steroid dienone is 1. The Morgan fingerprint density at radius 3 is 2.33 bits per heavy atom. The number of hydrogen-bond acceptors (Lipinski definition) is 0. The van der Waals surface area contributed by atoms with Crippen molar-refractivity contribution in [1.82, 2.24) is 0 Å². The highest BCUT2D eigenvalue weighted by atomic mass is 14.3. The molecule has 0 amide bonds. The van der Waals surface area contributed by atoms with E-state index in [1.54, 1.807) is 0 Å². The van der Waals surface area contributed by atoms with E-state index in [9.17, 15) is 0 Å². The van der Waals surface area contributed by atoms with Crippen LogP contribution in [0.25, 0.3) is 0 Å². The maximum Gasteiger partial charge on any atom is 0.00435 e. The van der Waals surface area contributed by atoms with Gasteiger partial charge >= 0.3 is 0 Å². The number of rotatable bonds is 3. The third kappa shape index (κ3) is 2.50. The van der Waals surface area contributed by atoms with Gasteiger partial charge in [-0.15, -0.1) is 6.58 Å². The SMILES string of the molecule is C=C[C@H](c1ccccc1)C1CCCCC1. The van der Waals surface area contributed by atoms with Crippen molar-refractivity contribution in [2.45, 2.75) is 38.0 Å². The van der Waals surface area contributed by atoms with Crippen molar-refractivity contribution in [1.29, 1.82) is 0 Å². The first kappa shape index (κ1) is 10.5. The third-order valence-electron chi connectivity index (χ3n) is 3.60. The van der Waals surface area contributed by atoms with Crippen LogP contribution in [-0.4, -0.2) is 0 Å². The minimum atomic E-state index is 0.575.